The maximum absolute atomic E-state index is 13.3. The average molecular weight is 231 g/mol. The van der Waals surface area contributed by atoms with Crippen LogP contribution in [0.3, 0.4) is 0 Å². The van der Waals surface area contributed by atoms with Crippen LogP contribution in [0.2, 0.25) is 0 Å². The first-order chi connectivity index (χ1) is 7.18. The maximum Gasteiger partial charge on any atom is 0.151 e. The summed E-state index contributed by atoms with van der Waals surface area (Å²) in [5.41, 5.74) is 0.501. The molecular formula is C10H9ClF2N2. The fourth-order valence-electron chi connectivity index (χ4n) is 1.57. The summed E-state index contributed by atoms with van der Waals surface area (Å²) in [6.07, 6.45) is 3.66. The lowest BCUT2D eigenvalue weighted by Crippen LogP contribution is -2.29. The number of rotatable bonds is 1. The minimum atomic E-state index is -0.659. The van der Waals surface area contributed by atoms with Gasteiger partial charge in [0.25, 0.3) is 0 Å². The molecule has 5 heteroatoms. The van der Waals surface area contributed by atoms with Crippen molar-refractivity contribution in [3.05, 3.63) is 35.7 Å². The van der Waals surface area contributed by atoms with Gasteiger partial charge in [0.1, 0.15) is 0 Å². The van der Waals surface area contributed by atoms with Gasteiger partial charge in [0, 0.05) is 13.1 Å². The highest BCUT2D eigenvalue weighted by molar-refractivity contribution is 6.22. The van der Waals surface area contributed by atoms with Crippen molar-refractivity contribution in [2.75, 3.05) is 13.1 Å². The zero-order valence-electron chi connectivity index (χ0n) is 7.80. The molecule has 1 aliphatic rings. The van der Waals surface area contributed by atoms with E-state index in [1.807, 2.05) is 0 Å². The van der Waals surface area contributed by atoms with Gasteiger partial charge in [0.05, 0.1) is 23.3 Å². The molecule has 1 unspecified atom stereocenters. The number of pyridine rings is 1. The highest BCUT2D eigenvalue weighted by Gasteiger charge is 2.18. The van der Waals surface area contributed by atoms with Crippen LogP contribution in [0.1, 0.15) is 5.56 Å². The molecule has 0 saturated carbocycles. The third-order valence-corrected chi connectivity index (χ3v) is 2.49. The van der Waals surface area contributed by atoms with Crippen LogP contribution < -0.4 is 5.32 Å². The summed E-state index contributed by atoms with van der Waals surface area (Å²) in [7, 11) is 0. The van der Waals surface area contributed by atoms with Crippen molar-refractivity contribution in [2.45, 2.75) is 5.38 Å². The van der Waals surface area contributed by atoms with E-state index in [0.717, 1.165) is 12.4 Å². The number of nitrogens with one attached hydrogen (secondary N) is 1. The molecule has 0 aliphatic carbocycles. The van der Waals surface area contributed by atoms with Crippen LogP contribution in [0.25, 0.3) is 5.57 Å². The maximum atomic E-state index is 13.3. The van der Waals surface area contributed by atoms with Gasteiger partial charge in [0.2, 0.25) is 0 Å². The SMILES string of the molecule is Fc1cncc(F)c1C1=CC(Cl)CNC1. The lowest BCUT2D eigenvalue weighted by Gasteiger charge is -2.18. The fraction of sp³-hybridized carbons (Fsp3) is 0.300. The van der Waals surface area contributed by atoms with Crippen LogP contribution in [0.4, 0.5) is 8.78 Å². The Balaban J connectivity index is 2.45. The summed E-state index contributed by atoms with van der Waals surface area (Å²) in [6.45, 7) is 1.03. The van der Waals surface area contributed by atoms with Crippen molar-refractivity contribution < 1.29 is 8.78 Å². The Kier molecular flexibility index (Phi) is 2.98. The van der Waals surface area contributed by atoms with E-state index in [4.69, 9.17) is 11.6 Å². The zero-order chi connectivity index (χ0) is 10.8. The first-order valence-corrected chi connectivity index (χ1v) is 4.97. The second-order valence-electron chi connectivity index (χ2n) is 3.32. The van der Waals surface area contributed by atoms with Gasteiger partial charge in [0.15, 0.2) is 11.6 Å². The number of aromatic nitrogens is 1. The van der Waals surface area contributed by atoms with Gasteiger partial charge < -0.3 is 5.32 Å². The molecule has 80 valence electrons. The zero-order valence-corrected chi connectivity index (χ0v) is 8.56. The molecule has 0 saturated heterocycles. The van der Waals surface area contributed by atoms with E-state index in [1.165, 1.54) is 0 Å². The standard InChI is InChI=1S/C10H9ClF2N2/c11-7-1-6(2-14-3-7)10-8(12)4-15-5-9(10)13/h1,4-5,7,14H,2-3H2. The van der Waals surface area contributed by atoms with E-state index in [1.54, 1.807) is 6.08 Å². The monoisotopic (exact) mass is 230 g/mol. The Morgan fingerprint density at radius 1 is 1.33 bits per heavy atom. The predicted octanol–water partition coefficient (Wildman–Crippen LogP) is 1.95. The topological polar surface area (TPSA) is 24.9 Å². The van der Waals surface area contributed by atoms with E-state index in [0.29, 0.717) is 18.7 Å². The molecule has 1 aromatic heterocycles. The largest absolute Gasteiger partial charge is 0.311 e. The van der Waals surface area contributed by atoms with Crippen molar-refractivity contribution in [3.8, 4) is 0 Å². The molecule has 0 radical (unpaired) electrons. The minimum absolute atomic E-state index is 0.0390. The van der Waals surface area contributed by atoms with Crippen LogP contribution in [-0.2, 0) is 0 Å². The molecule has 2 heterocycles. The first kappa shape index (κ1) is 10.5. The predicted molar refractivity (Wildman–Crippen MR) is 54.6 cm³/mol. The Morgan fingerprint density at radius 2 is 2.00 bits per heavy atom. The van der Waals surface area contributed by atoms with Gasteiger partial charge in [-0.15, -0.1) is 11.6 Å². The third kappa shape index (κ3) is 2.16. The summed E-state index contributed by atoms with van der Waals surface area (Å²) in [6, 6.07) is 0. The molecule has 2 rings (SSSR count). The Labute approximate surface area is 91.0 Å². The highest BCUT2D eigenvalue weighted by Crippen LogP contribution is 2.23. The minimum Gasteiger partial charge on any atom is -0.311 e. The van der Waals surface area contributed by atoms with Crippen molar-refractivity contribution >= 4 is 17.2 Å². The summed E-state index contributed by atoms with van der Waals surface area (Å²) < 4.78 is 26.7. The normalized spacial score (nSPS) is 21.3. The number of nitrogens with zero attached hydrogens (tertiary/aromatic N) is 1. The van der Waals surface area contributed by atoms with Gasteiger partial charge in [-0.1, -0.05) is 6.08 Å². The van der Waals surface area contributed by atoms with Crippen molar-refractivity contribution in [2.24, 2.45) is 0 Å². The summed E-state index contributed by atoms with van der Waals surface area (Å²) >= 11 is 5.87. The lowest BCUT2D eigenvalue weighted by atomic mass is 10.0. The molecule has 2 nitrogen and oxygen atoms in total. The number of hydrogen-bond donors (Lipinski definition) is 1. The molecular weight excluding hydrogens is 222 g/mol. The van der Waals surface area contributed by atoms with E-state index in [-0.39, 0.29) is 10.9 Å². The van der Waals surface area contributed by atoms with Gasteiger partial charge in [-0.25, -0.2) is 8.78 Å². The van der Waals surface area contributed by atoms with Gasteiger partial charge in [-0.3, -0.25) is 4.98 Å². The molecule has 0 aromatic carbocycles. The second-order valence-corrected chi connectivity index (χ2v) is 3.88. The smallest absolute Gasteiger partial charge is 0.151 e. The molecule has 1 aromatic rings. The Hall–Kier alpha value is -1.00. The van der Waals surface area contributed by atoms with E-state index < -0.39 is 11.6 Å². The van der Waals surface area contributed by atoms with E-state index in [9.17, 15) is 8.78 Å². The van der Waals surface area contributed by atoms with Crippen LogP contribution in [0, 0.1) is 11.6 Å². The third-order valence-electron chi connectivity index (χ3n) is 2.21. The molecule has 0 fully saturated rings. The van der Waals surface area contributed by atoms with Crippen LogP contribution >= 0.6 is 11.6 Å². The van der Waals surface area contributed by atoms with E-state index in [2.05, 4.69) is 10.3 Å². The molecule has 1 aliphatic heterocycles. The number of alkyl halides is 1. The molecule has 0 amide bonds. The summed E-state index contributed by atoms with van der Waals surface area (Å²) in [4.78, 5) is 3.43. The first-order valence-electron chi connectivity index (χ1n) is 4.53. The Morgan fingerprint density at radius 3 is 2.60 bits per heavy atom. The highest BCUT2D eigenvalue weighted by atomic mass is 35.5. The molecule has 15 heavy (non-hydrogen) atoms. The number of halogens is 3. The van der Waals surface area contributed by atoms with Crippen molar-refractivity contribution in [3.63, 3.8) is 0 Å². The van der Waals surface area contributed by atoms with Crippen LogP contribution in [0.5, 0.6) is 0 Å². The fourth-order valence-corrected chi connectivity index (χ4v) is 1.83. The van der Waals surface area contributed by atoms with Crippen LogP contribution in [0.15, 0.2) is 18.5 Å². The van der Waals surface area contributed by atoms with Gasteiger partial charge >= 0.3 is 0 Å². The quantitative estimate of drug-likeness (QED) is 0.746. The summed E-state index contributed by atoms with van der Waals surface area (Å²) in [5.74, 6) is -1.32. The second kappa shape index (κ2) is 4.24. The molecule has 1 atom stereocenters. The number of hydrogen-bond acceptors (Lipinski definition) is 2. The summed E-state index contributed by atoms with van der Waals surface area (Å²) in [5, 5.41) is 2.75. The van der Waals surface area contributed by atoms with Crippen molar-refractivity contribution in [1.82, 2.24) is 10.3 Å². The van der Waals surface area contributed by atoms with E-state index >= 15 is 0 Å². The van der Waals surface area contributed by atoms with Gasteiger partial charge in [-0.05, 0) is 5.57 Å². The Bertz CT molecular complexity index is 386. The molecule has 0 spiro atoms. The average Bonchev–Trinajstić information content (AvgIpc) is 2.17. The molecule has 0 bridgehead atoms. The lowest BCUT2D eigenvalue weighted by molar-refractivity contribution is 0.563. The molecule has 1 N–H and O–H groups in total. The van der Waals surface area contributed by atoms with Gasteiger partial charge in [-0.2, -0.15) is 0 Å². The van der Waals surface area contributed by atoms with Crippen molar-refractivity contribution in [1.29, 1.82) is 0 Å². The van der Waals surface area contributed by atoms with Crippen LogP contribution in [-0.4, -0.2) is 23.5 Å².